The zero-order valence-corrected chi connectivity index (χ0v) is 35.9. The van der Waals surface area contributed by atoms with E-state index in [0.717, 1.165) is 16.7 Å². The molecule has 11 nitrogen and oxygen atoms in total. The summed E-state index contributed by atoms with van der Waals surface area (Å²) in [5.41, 5.74) is 3.66. The number of carbonyl (C=O) groups excluding carboxylic acids is 3. The summed E-state index contributed by atoms with van der Waals surface area (Å²) >= 11 is 19.5. The minimum atomic E-state index is -2.09. The van der Waals surface area contributed by atoms with Crippen molar-refractivity contribution in [3.8, 4) is 11.1 Å². The van der Waals surface area contributed by atoms with E-state index in [1.165, 1.54) is 20.2 Å². The average molecular weight is 853 g/mol. The van der Waals surface area contributed by atoms with Crippen LogP contribution in [0.15, 0.2) is 85.3 Å². The van der Waals surface area contributed by atoms with Crippen LogP contribution in [-0.2, 0) is 39.4 Å². The van der Waals surface area contributed by atoms with Gasteiger partial charge in [0.2, 0.25) is 0 Å². The number of benzene rings is 3. The van der Waals surface area contributed by atoms with E-state index in [2.05, 4.69) is 43.8 Å². The van der Waals surface area contributed by atoms with Gasteiger partial charge in [-0.25, -0.2) is 14.8 Å². The second-order valence-corrected chi connectivity index (χ2v) is 21.3. The van der Waals surface area contributed by atoms with Gasteiger partial charge in [0.1, 0.15) is 23.2 Å². The number of hydrogen-bond acceptors (Lipinski definition) is 10. The van der Waals surface area contributed by atoms with Gasteiger partial charge in [0.15, 0.2) is 32.9 Å². The summed E-state index contributed by atoms with van der Waals surface area (Å²) in [5, 5.41) is 1.21. The summed E-state index contributed by atoms with van der Waals surface area (Å²) in [5.74, 6) is -2.05. The van der Waals surface area contributed by atoms with Crippen LogP contribution in [0.5, 0.6) is 0 Å². The number of halogens is 3. The van der Waals surface area contributed by atoms with E-state index in [0.29, 0.717) is 29.6 Å². The Kier molecular flexibility index (Phi) is 12.8. The molecule has 1 saturated heterocycles. The molecular formula is C42H44Cl3N3O8Si. The lowest BCUT2D eigenvalue weighted by molar-refractivity contribution is -0.166. The van der Waals surface area contributed by atoms with Crippen LogP contribution >= 0.6 is 34.8 Å². The SMILES string of the molecule is CC(=O)O[C@H]1[C@@H](OC(C)=O)[C@H](n2cc(CCO[Si](C)(C)C(C)(C)C)c3c(Cl)ncnc32)O[C@@H]1[C@H](OC(=O)c1ccc(-c2ccccc2)cc1)c1ccc(Cl)c(Cl)c1. The van der Waals surface area contributed by atoms with E-state index in [-0.39, 0.29) is 25.8 Å². The molecule has 15 heteroatoms. The van der Waals surface area contributed by atoms with E-state index < -0.39 is 56.9 Å². The Hall–Kier alpha value is -4.30. The zero-order chi connectivity index (χ0) is 41.2. The van der Waals surface area contributed by atoms with Crippen molar-refractivity contribution in [2.45, 2.75) is 89.8 Å². The van der Waals surface area contributed by atoms with Crippen LogP contribution in [0.25, 0.3) is 22.2 Å². The molecule has 1 aliphatic rings. The van der Waals surface area contributed by atoms with Gasteiger partial charge in [0, 0.05) is 26.7 Å². The molecule has 0 aliphatic carbocycles. The summed E-state index contributed by atoms with van der Waals surface area (Å²) in [6, 6.07) is 21.4. The number of ether oxygens (including phenoxy) is 4. The van der Waals surface area contributed by atoms with Crippen molar-refractivity contribution in [1.82, 2.24) is 14.5 Å². The van der Waals surface area contributed by atoms with Crippen LogP contribution < -0.4 is 0 Å². The van der Waals surface area contributed by atoms with Crippen molar-refractivity contribution in [2.24, 2.45) is 0 Å². The predicted octanol–water partition coefficient (Wildman–Crippen LogP) is 9.98. The third-order valence-electron chi connectivity index (χ3n) is 10.4. The highest BCUT2D eigenvalue weighted by Gasteiger charge is 2.55. The fourth-order valence-electron chi connectivity index (χ4n) is 6.54. The van der Waals surface area contributed by atoms with Crippen LogP contribution in [0.4, 0.5) is 0 Å². The van der Waals surface area contributed by atoms with E-state index in [1.54, 1.807) is 41.1 Å². The smallest absolute Gasteiger partial charge is 0.338 e. The van der Waals surface area contributed by atoms with Gasteiger partial charge in [0.25, 0.3) is 0 Å². The van der Waals surface area contributed by atoms with E-state index in [9.17, 15) is 14.4 Å². The lowest BCUT2D eigenvalue weighted by atomic mass is 9.98. The number of rotatable bonds is 12. The average Bonchev–Trinajstić information content (AvgIpc) is 3.69. The normalized spacial score (nSPS) is 19.0. The van der Waals surface area contributed by atoms with Gasteiger partial charge < -0.3 is 27.9 Å². The van der Waals surface area contributed by atoms with E-state index in [1.807, 2.05) is 42.5 Å². The second-order valence-electron chi connectivity index (χ2n) is 15.4. The van der Waals surface area contributed by atoms with Crippen LogP contribution in [-0.4, -0.2) is 65.7 Å². The molecule has 3 heterocycles. The molecule has 57 heavy (non-hydrogen) atoms. The monoisotopic (exact) mass is 851 g/mol. The van der Waals surface area contributed by atoms with Gasteiger partial charge in [-0.15, -0.1) is 0 Å². The van der Waals surface area contributed by atoms with Gasteiger partial charge in [-0.05, 0) is 71.1 Å². The Labute approximate surface area is 347 Å². The lowest BCUT2D eigenvalue weighted by Gasteiger charge is -2.36. The highest BCUT2D eigenvalue weighted by molar-refractivity contribution is 6.74. The number of carbonyl (C=O) groups is 3. The molecule has 5 aromatic rings. The molecule has 0 spiro atoms. The maximum absolute atomic E-state index is 14.0. The summed E-state index contributed by atoms with van der Waals surface area (Å²) in [4.78, 5) is 48.3. The summed E-state index contributed by atoms with van der Waals surface area (Å²) in [6.45, 7) is 13.7. The van der Waals surface area contributed by atoms with Crippen LogP contribution in [0.1, 0.15) is 68.4 Å². The Morgan fingerprint density at radius 2 is 1.51 bits per heavy atom. The minimum Gasteiger partial charge on any atom is -0.455 e. The first-order chi connectivity index (χ1) is 26.9. The molecule has 0 radical (unpaired) electrons. The largest absolute Gasteiger partial charge is 0.455 e. The van der Waals surface area contributed by atoms with Gasteiger partial charge in [-0.1, -0.05) is 104 Å². The number of aromatic nitrogens is 3. The lowest BCUT2D eigenvalue weighted by Crippen LogP contribution is -2.41. The molecule has 1 aliphatic heterocycles. The molecule has 5 atom stereocenters. The fourth-order valence-corrected chi connectivity index (χ4v) is 8.14. The molecule has 0 bridgehead atoms. The summed E-state index contributed by atoms with van der Waals surface area (Å²) < 4.78 is 33.0. The maximum Gasteiger partial charge on any atom is 0.338 e. The van der Waals surface area contributed by atoms with Gasteiger partial charge in [0.05, 0.1) is 21.0 Å². The first-order valence-corrected chi connectivity index (χ1v) is 22.4. The summed E-state index contributed by atoms with van der Waals surface area (Å²) in [6.07, 6.45) is -2.62. The van der Waals surface area contributed by atoms with Crippen molar-refractivity contribution in [3.05, 3.63) is 117 Å². The molecule has 2 aromatic heterocycles. The molecule has 3 aromatic carbocycles. The number of hydrogen-bond donors (Lipinski definition) is 0. The van der Waals surface area contributed by atoms with E-state index in [4.69, 9.17) is 58.2 Å². The molecule has 0 saturated carbocycles. The van der Waals surface area contributed by atoms with Crippen LogP contribution in [0.3, 0.4) is 0 Å². The Morgan fingerprint density at radius 1 is 0.860 bits per heavy atom. The van der Waals surface area contributed by atoms with Crippen molar-refractivity contribution in [2.75, 3.05) is 6.61 Å². The van der Waals surface area contributed by atoms with Crippen LogP contribution in [0, 0.1) is 0 Å². The molecule has 6 rings (SSSR count). The first kappa shape index (κ1) is 42.3. The molecule has 0 N–H and O–H groups in total. The molecule has 1 fully saturated rings. The number of esters is 3. The van der Waals surface area contributed by atoms with Gasteiger partial charge >= 0.3 is 17.9 Å². The standard InChI is InChI=1S/C42H44Cl3N3O8Si/c1-24(49)53-36-35(34(29-17-18-31(43)32(44)21-29)56-41(51)28-15-13-27(14-16-28)26-11-9-8-10-12-26)55-40(37(36)54-25(2)50)48-22-30(33-38(45)46-23-47-39(33)48)19-20-52-57(6,7)42(3,4)5/h8-18,21-23,34-37,40H,19-20H2,1-7H3/t34-,35-,36-,37-,40-/m1/s1. The topological polar surface area (TPSA) is 128 Å². The molecule has 300 valence electrons. The van der Waals surface area contributed by atoms with Crippen LogP contribution in [0.2, 0.25) is 33.3 Å². The minimum absolute atomic E-state index is 0.00263. The zero-order valence-electron chi connectivity index (χ0n) is 32.6. The maximum atomic E-state index is 14.0. The van der Waals surface area contributed by atoms with Crippen molar-refractivity contribution >= 4 is 72.1 Å². The Morgan fingerprint density at radius 3 is 2.14 bits per heavy atom. The molecular weight excluding hydrogens is 809 g/mol. The number of nitrogens with zero attached hydrogens (tertiary/aromatic N) is 3. The summed E-state index contributed by atoms with van der Waals surface area (Å²) in [7, 11) is -2.09. The van der Waals surface area contributed by atoms with E-state index >= 15 is 0 Å². The fraction of sp³-hybridized carbons (Fsp3) is 0.357. The Bertz CT molecular complexity index is 2260. The highest BCUT2D eigenvalue weighted by Crippen LogP contribution is 2.44. The third kappa shape index (κ3) is 9.38. The highest BCUT2D eigenvalue weighted by atomic mass is 35.5. The third-order valence-corrected chi connectivity index (χ3v) is 16.0. The Balaban J connectivity index is 1.41. The van der Waals surface area contributed by atoms with Gasteiger partial charge in [-0.2, -0.15) is 0 Å². The molecule has 0 amide bonds. The number of fused-ring (bicyclic) bond motifs is 1. The van der Waals surface area contributed by atoms with Crippen molar-refractivity contribution < 1.29 is 37.8 Å². The van der Waals surface area contributed by atoms with Crippen molar-refractivity contribution in [1.29, 1.82) is 0 Å². The quantitative estimate of drug-likeness (QED) is 0.0518. The second kappa shape index (κ2) is 17.3. The van der Waals surface area contributed by atoms with Gasteiger partial charge in [-0.3, -0.25) is 9.59 Å². The predicted molar refractivity (Wildman–Crippen MR) is 221 cm³/mol. The first-order valence-electron chi connectivity index (χ1n) is 18.4. The van der Waals surface area contributed by atoms with Crippen molar-refractivity contribution in [3.63, 3.8) is 0 Å². The molecule has 0 unspecified atom stereocenters.